The smallest absolute Gasteiger partial charge is 0.232 e. The Morgan fingerprint density at radius 3 is 2.41 bits per heavy atom. The van der Waals surface area contributed by atoms with Gasteiger partial charge in [-0.25, -0.2) is 0 Å². The summed E-state index contributed by atoms with van der Waals surface area (Å²) >= 11 is 0. The number of nitrogens with one attached hydrogen (secondary N) is 2. The van der Waals surface area contributed by atoms with Gasteiger partial charge in [0.2, 0.25) is 12.3 Å². The molecule has 4 fully saturated rings. The first-order valence-corrected chi connectivity index (χ1v) is 15.4. The molecule has 0 aromatic rings. The van der Waals surface area contributed by atoms with Crippen LogP contribution in [0.15, 0.2) is 0 Å². The number of carbonyl (C=O) groups excluding carboxylic acids is 2. The highest BCUT2D eigenvalue weighted by Crippen LogP contribution is 2.68. The fraction of sp³-hybridized carbons (Fsp3) is 0.935. The van der Waals surface area contributed by atoms with Crippen molar-refractivity contribution in [2.75, 3.05) is 47.3 Å². The van der Waals surface area contributed by atoms with Crippen molar-refractivity contribution >= 4 is 12.3 Å². The molecule has 2 N–H and O–H groups in total. The van der Waals surface area contributed by atoms with E-state index in [1.54, 1.807) is 0 Å². The van der Waals surface area contributed by atoms with E-state index in [1.807, 2.05) is 21.1 Å². The van der Waals surface area contributed by atoms with Crippen molar-refractivity contribution in [1.29, 1.82) is 0 Å². The summed E-state index contributed by atoms with van der Waals surface area (Å²) in [6.07, 6.45) is 13.5. The first-order chi connectivity index (χ1) is 17.7. The summed E-state index contributed by atoms with van der Waals surface area (Å²) < 4.78 is 0. The number of amides is 2. The number of rotatable bonds is 11. The number of imide groups is 1. The van der Waals surface area contributed by atoms with E-state index in [0.717, 1.165) is 62.6 Å². The second-order valence-corrected chi connectivity index (χ2v) is 14.0. The Hall–Kier alpha value is -0.980. The minimum atomic E-state index is -0.0674. The maximum atomic E-state index is 13.5. The van der Waals surface area contributed by atoms with Crippen LogP contribution in [-0.4, -0.2) is 75.5 Å². The van der Waals surface area contributed by atoms with Gasteiger partial charge in [-0.1, -0.05) is 20.8 Å². The predicted octanol–water partition coefficient (Wildman–Crippen LogP) is 4.40. The van der Waals surface area contributed by atoms with Crippen LogP contribution in [0.2, 0.25) is 0 Å². The number of hydrogen-bond acceptors (Lipinski definition) is 5. The highest BCUT2D eigenvalue weighted by molar-refractivity contribution is 5.88. The van der Waals surface area contributed by atoms with Crippen LogP contribution in [0.25, 0.3) is 0 Å². The molecule has 0 heterocycles. The lowest BCUT2D eigenvalue weighted by Crippen LogP contribution is -2.55. The highest BCUT2D eigenvalue weighted by atomic mass is 16.2. The van der Waals surface area contributed by atoms with E-state index in [-0.39, 0.29) is 17.2 Å². The lowest BCUT2D eigenvalue weighted by Gasteiger charge is -2.61. The van der Waals surface area contributed by atoms with Crippen LogP contribution in [0.3, 0.4) is 0 Å². The van der Waals surface area contributed by atoms with Gasteiger partial charge in [0.15, 0.2) is 0 Å². The summed E-state index contributed by atoms with van der Waals surface area (Å²) in [5.74, 6) is 3.67. The first kappa shape index (κ1) is 29.0. The minimum absolute atomic E-state index is 0.0579. The van der Waals surface area contributed by atoms with Crippen molar-refractivity contribution in [3.05, 3.63) is 0 Å². The molecule has 4 aliphatic carbocycles. The van der Waals surface area contributed by atoms with Crippen molar-refractivity contribution in [3.8, 4) is 0 Å². The zero-order valence-corrected chi connectivity index (χ0v) is 24.7. The monoisotopic (exact) mass is 516 g/mol. The number of nitrogens with zero attached hydrogens (tertiary/aromatic N) is 2. The zero-order valence-electron chi connectivity index (χ0n) is 24.7. The van der Waals surface area contributed by atoms with E-state index in [1.165, 1.54) is 56.3 Å². The number of fused-ring (bicyclic) bond motifs is 5. The van der Waals surface area contributed by atoms with Crippen LogP contribution in [-0.2, 0) is 9.59 Å². The van der Waals surface area contributed by atoms with Gasteiger partial charge in [-0.3, -0.25) is 14.5 Å². The Morgan fingerprint density at radius 2 is 1.70 bits per heavy atom. The number of carbonyl (C=O) groups is 2. The van der Waals surface area contributed by atoms with E-state index < -0.39 is 0 Å². The van der Waals surface area contributed by atoms with Crippen molar-refractivity contribution in [2.24, 2.45) is 46.3 Å². The third-order valence-electron chi connectivity index (χ3n) is 12.0. The molecule has 37 heavy (non-hydrogen) atoms. The lowest BCUT2D eigenvalue weighted by molar-refractivity contribution is -0.147. The van der Waals surface area contributed by atoms with Gasteiger partial charge in [0, 0.05) is 31.6 Å². The third kappa shape index (κ3) is 5.68. The van der Waals surface area contributed by atoms with Gasteiger partial charge in [0.1, 0.15) is 0 Å². The van der Waals surface area contributed by atoms with Crippen molar-refractivity contribution in [2.45, 2.75) is 91.0 Å². The summed E-state index contributed by atoms with van der Waals surface area (Å²) in [7, 11) is 6.10. The molecule has 6 heteroatoms. The third-order valence-corrected chi connectivity index (χ3v) is 12.0. The molecule has 6 nitrogen and oxygen atoms in total. The van der Waals surface area contributed by atoms with Crippen LogP contribution in [0.1, 0.15) is 85.0 Å². The first-order valence-electron chi connectivity index (χ1n) is 15.4. The molecular formula is C31H56N4O2. The number of likely N-dealkylation sites (N-methyl/N-ethyl adjacent to an activating group) is 1. The fourth-order valence-electron chi connectivity index (χ4n) is 9.91. The second-order valence-electron chi connectivity index (χ2n) is 14.0. The minimum Gasteiger partial charge on any atom is -0.318 e. The lowest BCUT2D eigenvalue weighted by atomic mass is 9.44. The number of hydrogen-bond donors (Lipinski definition) is 2. The van der Waals surface area contributed by atoms with Gasteiger partial charge in [0.25, 0.3) is 0 Å². The SMILES string of the molecule is CNCCNC1CCC2(C)C(CCC3C2CCC2(C)C(C(C)C(=O)N(C=O)CCCN(C)C)CCC32)C1. The molecule has 0 aromatic heterocycles. The summed E-state index contributed by atoms with van der Waals surface area (Å²) in [6, 6.07) is 0.693. The molecular weight excluding hydrogens is 460 g/mol. The van der Waals surface area contributed by atoms with E-state index in [2.05, 4.69) is 36.3 Å². The molecule has 2 amide bonds. The molecule has 9 atom stereocenters. The summed E-state index contributed by atoms with van der Waals surface area (Å²) in [4.78, 5) is 28.9. The normalized spacial score (nSPS) is 40.0. The Kier molecular flexibility index (Phi) is 9.44. The predicted molar refractivity (Wildman–Crippen MR) is 151 cm³/mol. The Morgan fingerprint density at radius 1 is 0.973 bits per heavy atom. The average molecular weight is 517 g/mol. The fourth-order valence-corrected chi connectivity index (χ4v) is 9.91. The maximum Gasteiger partial charge on any atom is 0.232 e. The van der Waals surface area contributed by atoms with Gasteiger partial charge in [-0.2, -0.15) is 0 Å². The van der Waals surface area contributed by atoms with Gasteiger partial charge < -0.3 is 15.5 Å². The van der Waals surface area contributed by atoms with Gasteiger partial charge >= 0.3 is 0 Å². The molecule has 212 valence electrons. The molecule has 0 spiro atoms. The second kappa shape index (κ2) is 12.0. The Labute approximate surface area is 227 Å². The van der Waals surface area contributed by atoms with Crippen molar-refractivity contribution in [3.63, 3.8) is 0 Å². The summed E-state index contributed by atoms with van der Waals surface area (Å²) in [5, 5.41) is 7.09. The van der Waals surface area contributed by atoms with Crippen molar-refractivity contribution < 1.29 is 9.59 Å². The standard InChI is InChI=1S/C31H56N4O2/c1-22(29(37)35(21-36)19-7-18-34(5)6)26-10-11-27-25-9-8-23-20-24(33-17-16-32-4)12-14-30(23,2)28(25)13-15-31(26,27)3/h21-28,32-33H,7-20H2,1-6H3. The largest absolute Gasteiger partial charge is 0.318 e. The molecule has 0 saturated heterocycles. The molecule has 4 aliphatic rings. The summed E-state index contributed by atoms with van der Waals surface area (Å²) in [6.45, 7) is 10.8. The van der Waals surface area contributed by atoms with Crippen LogP contribution in [0, 0.1) is 46.3 Å². The van der Waals surface area contributed by atoms with Crippen LogP contribution < -0.4 is 10.6 Å². The highest BCUT2D eigenvalue weighted by Gasteiger charge is 2.61. The zero-order chi connectivity index (χ0) is 26.8. The van der Waals surface area contributed by atoms with Crippen LogP contribution in [0.5, 0.6) is 0 Å². The van der Waals surface area contributed by atoms with Crippen LogP contribution in [0.4, 0.5) is 0 Å². The molecule has 0 bridgehead atoms. The van der Waals surface area contributed by atoms with Gasteiger partial charge in [-0.05, 0) is 132 Å². The van der Waals surface area contributed by atoms with E-state index in [4.69, 9.17) is 0 Å². The molecule has 9 unspecified atom stereocenters. The molecule has 0 aliphatic heterocycles. The molecule has 4 saturated carbocycles. The maximum absolute atomic E-state index is 13.5. The average Bonchev–Trinajstić information content (AvgIpc) is 3.23. The van der Waals surface area contributed by atoms with Crippen LogP contribution >= 0.6 is 0 Å². The quantitative estimate of drug-likeness (QED) is 0.315. The molecule has 4 rings (SSSR count). The van der Waals surface area contributed by atoms with E-state index >= 15 is 0 Å². The Bertz CT molecular complexity index is 789. The molecule has 0 radical (unpaired) electrons. The van der Waals surface area contributed by atoms with Crippen molar-refractivity contribution in [1.82, 2.24) is 20.4 Å². The summed E-state index contributed by atoms with van der Waals surface area (Å²) in [5.41, 5.74) is 0.731. The topological polar surface area (TPSA) is 64.7 Å². The molecule has 0 aromatic carbocycles. The van der Waals surface area contributed by atoms with E-state index in [9.17, 15) is 9.59 Å². The van der Waals surface area contributed by atoms with E-state index in [0.29, 0.717) is 23.9 Å². The van der Waals surface area contributed by atoms with Gasteiger partial charge in [-0.15, -0.1) is 0 Å². The van der Waals surface area contributed by atoms with Gasteiger partial charge in [0.05, 0.1) is 0 Å². The Balaban J connectivity index is 1.41.